The van der Waals surface area contributed by atoms with E-state index < -0.39 is 15.4 Å². The number of anilines is 3. The van der Waals surface area contributed by atoms with Gasteiger partial charge in [-0.25, -0.2) is 8.42 Å². The van der Waals surface area contributed by atoms with E-state index in [0.29, 0.717) is 5.69 Å². The molecule has 0 saturated carbocycles. The van der Waals surface area contributed by atoms with Gasteiger partial charge in [0.1, 0.15) is 0 Å². The molecule has 1 aliphatic heterocycles. The predicted molar refractivity (Wildman–Crippen MR) is 121 cm³/mol. The molecule has 0 unspecified atom stereocenters. The van der Waals surface area contributed by atoms with Crippen LogP contribution in [0.2, 0.25) is 0 Å². The van der Waals surface area contributed by atoms with Gasteiger partial charge in [-0.3, -0.25) is 9.52 Å². The van der Waals surface area contributed by atoms with Crippen LogP contribution in [0.5, 0.6) is 0 Å². The lowest BCUT2D eigenvalue weighted by atomic mass is 9.94. The molecular formula is C20H34ClN3O3S. The number of halogens is 1. The summed E-state index contributed by atoms with van der Waals surface area (Å²) in [6.45, 7) is 13.4. The molecule has 1 aromatic rings. The Bertz CT molecular complexity index is 845. The number of carbonyl (C=O) groups excluding carboxylic acids is 1. The molecule has 1 amide bonds. The fraction of sp³-hybridized carbons (Fsp3) is 0.650. The minimum Gasteiger partial charge on any atom is -0.369 e. The highest BCUT2D eigenvalue weighted by molar-refractivity contribution is 7.92. The maximum Gasteiger partial charge on any atom is 0.229 e. The van der Waals surface area contributed by atoms with Crippen LogP contribution in [0.15, 0.2) is 0 Å². The van der Waals surface area contributed by atoms with Crippen molar-refractivity contribution in [3.05, 3.63) is 16.7 Å². The molecule has 0 saturated heterocycles. The molecule has 0 bridgehead atoms. The minimum absolute atomic E-state index is 0. The molecule has 0 spiro atoms. The van der Waals surface area contributed by atoms with Crippen molar-refractivity contribution < 1.29 is 13.2 Å². The van der Waals surface area contributed by atoms with Gasteiger partial charge in [0.15, 0.2) is 0 Å². The Morgan fingerprint density at radius 3 is 2.25 bits per heavy atom. The van der Waals surface area contributed by atoms with Crippen LogP contribution in [0.4, 0.5) is 17.1 Å². The lowest BCUT2D eigenvalue weighted by Crippen LogP contribution is -2.30. The fourth-order valence-corrected chi connectivity index (χ4v) is 4.12. The average Bonchev–Trinajstić information content (AvgIpc) is 2.95. The van der Waals surface area contributed by atoms with Crippen LogP contribution >= 0.6 is 12.4 Å². The number of unbranched alkanes of at least 4 members (excludes halogenated alkanes) is 1. The van der Waals surface area contributed by atoms with Gasteiger partial charge in [0, 0.05) is 18.5 Å². The Hall–Kier alpha value is -1.47. The van der Waals surface area contributed by atoms with Crippen molar-refractivity contribution in [2.24, 2.45) is 5.41 Å². The number of sulfonamides is 1. The minimum atomic E-state index is -3.42. The largest absolute Gasteiger partial charge is 0.369 e. The Labute approximate surface area is 175 Å². The fourth-order valence-electron chi connectivity index (χ4n) is 3.44. The lowest BCUT2D eigenvalue weighted by molar-refractivity contribution is -0.123. The van der Waals surface area contributed by atoms with Crippen LogP contribution in [0.3, 0.4) is 0 Å². The van der Waals surface area contributed by atoms with Gasteiger partial charge in [-0.2, -0.15) is 0 Å². The molecule has 0 atom stereocenters. The number of hydrogen-bond acceptors (Lipinski definition) is 4. The Morgan fingerprint density at radius 1 is 1.14 bits per heavy atom. The molecule has 28 heavy (non-hydrogen) atoms. The highest BCUT2D eigenvalue weighted by Crippen LogP contribution is 2.45. The summed E-state index contributed by atoms with van der Waals surface area (Å²) in [5.41, 5.74) is 4.65. The van der Waals surface area contributed by atoms with Crippen LogP contribution < -0.4 is 14.9 Å². The second kappa shape index (κ2) is 8.91. The summed E-state index contributed by atoms with van der Waals surface area (Å²) in [6.07, 6.45) is 4.18. The normalized spacial score (nSPS) is 13.8. The van der Waals surface area contributed by atoms with Crippen LogP contribution in [-0.2, 0) is 21.2 Å². The smallest absolute Gasteiger partial charge is 0.229 e. The van der Waals surface area contributed by atoms with Crippen molar-refractivity contribution in [1.29, 1.82) is 0 Å². The first-order chi connectivity index (χ1) is 12.4. The van der Waals surface area contributed by atoms with Crippen LogP contribution in [0.25, 0.3) is 0 Å². The molecule has 1 aromatic carbocycles. The lowest BCUT2D eigenvalue weighted by Gasteiger charge is -2.28. The number of amides is 1. The summed E-state index contributed by atoms with van der Waals surface area (Å²) < 4.78 is 26.4. The number of nitrogens with zero attached hydrogens (tertiary/aromatic N) is 1. The zero-order chi connectivity index (χ0) is 20.6. The second-order valence-corrected chi connectivity index (χ2v) is 10.2. The molecule has 0 aromatic heterocycles. The third-order valence-corrected chi connectivity index (χ3v) is 5.61. The summed E-state index contributed by atoms with van der Waals surface area (Å²) in [6, 6.07) is 0. The number of rotatable bonds is 6. The molecule has 6 nitrogen and oxygen atoms in total. The van der Waals surface area contributed by atoms with Gasteiger partial charge in [-0.1, -0.05) is 34.1 Å². The summed E-state index contributed by atoms with van der Waals surface area (Å²) >= 11 is 0. The van der Waals surface area contributed by atoms with Crippen LogP contribution in [-0.4, -0.2) is 33.7 Å². The third-order valence-electron chi connectivity index (χ3n) is 5.04. The van der Waals surface area contributed by atoms with Gasteiger partial charge in [0.25, 0.3) is 0 Å². The van der Waals surface area contributed by atoms with E-state index in [0.717, 1.165) is 66.7 Å². The summed E-state index contributed by atoms with van der Waals surface area (Å²) in [5, 5.41) is 3.09. The molecule has 2 rings (SSSR count). The van der Waals surface area contributed by atoms with E-state index in [4.69, 9.17) is 0 Å². The standard InChI is InChI=1S/C20H33N3O3S.ClH/c1-8-9-11-23-12-10-15-13(2)16(22-27(7,25)26)14(3)17(18(15)23)21-19(24)20(4,5)6;/h22H,8-12H2,1-7H3,(H,21,24);1H. The summed E-state index contributed by atoms with van der Waals surface area (Å²) in [5.74, 6) is -0.0794. The monoisotopic (exact) mass is 431 g/mol. The average molecular weight is 432 g/mol. The Balaban J connectivity index is 0.00000392. The van der Waals surface area contributed by atoms with E-state index in [2.05, 4.69) is 21.9 Å². The SMILES string of the molecule is CCCCN1CCc2c(C)c(NS(C)(=O)=O)c(C)c(NC(=O)C(C)(C)C)c21.Cl. The molecule has 2 N–H and O–H groups in total. The summed E-state index contributed by atoms with van der Waals surface area (Å²) in [4.78, 5) is 15.0. The van der Waals surface area contributed by atoms with Gasteiger partial charge in [0.2, 0.25) is 15.9 Å². The first-order valence-corrected chi connectivity index (χ1v) is 11.5. The van der Waals surface area contributed by atoms with E-state index >= 15 is 0 Å². The Morgan fingerprint density at radius 2 is 1.75 bits per heavy atom. The van der Waals surface area contributed by atoms with E-state index in [9.17, 15) is 13.2 Å². The third kappa shape index (κ3) is 5.32. The van der Waals surface area contributed by atoms with Gasteiger partial charge in [-0.05, 0) is 43.4 Å². The van der Waals surface area contributed by atoms with Crippen LogP contribution in [0.1, 0.15) is 57.2 Å². The van der Waals surface area contributed by atoms with E-state index in [1.54, 1.807) is 0 Å². The number of fused-ring (bicyclic) bond motifs is 1. The molecule has 0 fully saturated rings. The molecule has 8 heteroatoms. The number of benzene rings is 1. The van der Waals surface area contributed by atoms with Crippen molar-refractivity contribution in [1.82, 2.24) is 0 Å². The first kappa shape index (κ1) is 24.6. The maximum absolute atomic E-state index is 12.7. The number of nitrogens with one attached hydrogen (secondary N) is 2. The number of hydrogen-bond donors (Lipinski definition) is 2. The maximum atomic E-state index is 12.7. The van der Waals surface area contributed by atoms with Gasteiger partial charge >= 0.3 is 0 Å². The highest BCUT2D eigenvalue weighted by Gasteiger charge is 2.31. The van der Waals surface area contributed by atoms with E-state index in [-0.39, 0.29) is 18.3 Å². The van der Waals surface area contributed by atoms with Crippen molar-refractivity contribution in [3.63, 3.8) is 0 Å². The predicted octanol–water partition coefficient (Wildman–Crippen LogP) is 4.24. The molecule has 1 heterocycles. The molecule has 0 aliphatic carbocycles. The van der Waals surface area contributed by atoms with Crippen molar-refractivity contribution >= 4 is 45.4 Å². The van der Waals surface area contributed by atoms with Crippen molar-refractivity contribution in [3.8, 4) is 0 Å². The van der Waals surface area contributed by atoms with Crippen molar-refractivity contribution in [2.45, 2.75) is 60.8 Å². The second-order valence-electron chi connectivity index (χ2n) is 8.50. The molecule has 0 radical (unpaired) electrons. The van der Waals surface area contributed by atoms with Gasteiger partial charge < -0.3 is 10.2 Å². The zero-order valence-corrected chi connectivity index (χ0v) is 19.7. The van der Waals surface area contributed by atoms with Gasteiger partial charge in [0.05, 0.1) is 23.3 Å². The summed E-state index contributed by atoms with van der Waals surface area (Å²) in [7, 11) is -3.42. The van der Waals surface area contributed by atoms with Crippen molar-refractivity contribution in [2.75, 3.05) is 34.3 Å². The molecule has 1 aliphatic rings. The first-order valence-electron chi connectivity index (χ1n) is 9.57. The highest BCUT2D eigenvalue weighted by atomic mass is 35.5. The van der Waals surface area contributed by atoms with E-state index in [1.807, 2.05) is 34.6 Å². The van der Waals surface area contributed by atoms with Crippen LogP contribution in [0, 0.1) is 19.3 Å². The van der Waals surface area contributed by atoms with Gasteiger partial charge in [-0.15, -0.1) is 12.4 Å². The quantitative estimate of drug-likeness (QED) is 0.705. The Kier molecular flexibility index (Phi) is 7.81. The molecule has 160 valence electrons. The zero-order valence-electron chi connectivity index (χ0n) is 18.0. The topological polar surface area (TPSA) is 78.5 Å². The number of carbonyl (C=O) groups is 1. The van der Waals surface area contributed by atoms with E-state index in [1.165, 1.54) is 0 Å². The molecular weight excluding hydrogens is 398 g/mol.